The Morgan fingerprint density at radius 3 is 2.55 bits per heavy atom. The van der Waals surface area contributed by atoms with Crippen molar-refractivity contribution in [2.24, 2.45) is 0 Å². The van der Waals surface area contributed by atoms with Crippen molar-refractivity contribution in [2.45, 2.75) is 6.92 Å². The molecule has 1 aliphatic heterocycles. The molecule has 2 heterocycles. The molecule has 22 heavy (non-hydrogen) atoms. The highest BCUT2D eigenvalue weighted by Crippen LogP contribution is 2.34. The van der Waals surface area contributed by atoms with Gasteiger partial charge >= 0.3 is 0 Å². The fourth-order valence-corrected chi connectivity index (χ4v) is 3.65. The second-order valence-electron chi connectivity index (χ2n) is 5.09. The lowest BCUT2D eigenvalue weighted by molar-refractivity contribution is 0.831. The van der Waals surface area contributed by atoms with E-state index in [0.29, 0.717) is 27.3 Å². The van der Waals surface area contributed by atoms with Gasteiger partial charge in [-0.3, -0.25) is 0 Å². The van der Waals surface area contributed by atoms with E-state index in [-0.39, 0.29) is 0 Å². The van der Waals surface area contributed by atoms with E-state index in [1.807, 2.05) is 24.8 Å². The largest absolute Gasteiger partial charge is 0.394 e. The van der Waals surface area contributed by atoms with E-state index >= 15 is 0 Å². The molecule has 1 aromatic carbocycles. The lowest BCUT2D eigenvalue weighted by Gasteiger charge is -2.29. The number of aromatic nitrogens is 2. The molecule has 1 aromatic heterocycles. The minimum absolute atomic E-state index is 0.491. The van der Waals surface area contributed by atoms with Crippen molar-refractivity contribution in [3.63, 3.8) is 0 Å². The Bertz CT molecular complexity index is 702. The predicted octanol–water partition coefficient (Wildman–Crippen LogP) is 3.89. The summed E-state index contributed by atoms with van der Waals surface area (Å²) in [5, 5.41) is 1.01. The van der Waals surface area contributed by atoms with Crippen molar-refractivity contribution in [1.29, 1.82) is 0 Å². The highest BCUT2D eigenvalue weighted by molar-refractivity contribution is 7.99. The smallest absolute Gasteiger partial charge is 0.156 e. The van der Waals surface area contributed by atoms with Crippen LogP contribution in [0.5, 0.6) is 0 Å². The van der Waals surface area contributed by atoms with Crippen LogP contribution in [0.4, 0.5) is 11.5 Å². The number of nitrogens with zero attached hydrogens (tertiary/aromatic N) is 3. The average Bonchev–Trinajstić information content (AvgIpc) is 2.53. The van der Waals surface area contributed by atoms with Crippen LogP contribution in [-0.2, 0) is 0 Å². The summed E-state index contributed by atoms with van der Waals surface area (Å²) in [5.41, 5.74) is 8.51. The van der Waals surface area contributed by atoms with Crippen molar-refractivity contribution < 1.29 is 0 Å². The lowest BCUT2D eigenvalue weighted by Crippen LogP contribution is -2.34. The van der Waals surface area contributed by atoms with Gasteiger partial charge in [-0.15, -0.1) is 0 Å². The number of nitrogens with two attached hydrogens (primary N) is 1. The van der Waals surface area contributed by atoms with E-state index < -0.39 is 0 Å². The molecule has 0 amide bonds. The summed E-state index contributed by atoms with van der Waals surface area (Å²) < 4.78 is 0. The number of benzene rings is 1. The maximum absolute atomic E-state index is 6.35. The van der Waals surface area contributed by atoms with Gasteiger partial charge in [0.2, 0.25) is 0 Å². The van der Waals surface area contributed by atoms with Crippen LogP contribution in [0.3, 0.4) is 0 Å². The Morgan fingerprint density at radius 1 is 1.14 bits per heavy atom. The second-order valence-corrected chi connectivity index (χ2v) is 7.12. The van der Waals surface area contributed by atoms with Gasteiger partial charge in [0.25, 0.3) is 0 Å². The first-order valence-electron chi connectivity index (χ1n) is 6.98. The summed E-state index contributed by atoms with van der Waals surface area (Å²) in [6, 6.07) is 5.42. The van der Waals surface area contributed by atoms with Gasteiger partial charge in [0.1, 0.15) is 11.5 Å². The molecule has 4 nitrogen and oxygen atoms in total. The Morgan fingerprint density at radius 2 is 1.86 bits per heavy atom. The molecule has 1 fully saturated rings. The molecule has 1 saturated heterocycles. The zero-order valence-corrected chi connectivity index (χ0v) is 14.5. The first kappa shape index (κ1) is 15.7. The number of aryl methyl sites for hydroxylation is 1. The van der Waals surface area contributed by atoms with Crippen molar-refractivity contribution in [3.8, 4) is 11.3 Å². The Kier molecular flexibility index (Phi) is 4.66. The number of halogens is 2. The number of hydrogen-bond donors (Lipinski definition) is 1. The molecule has 0 bridgehead atoms. The Labute approximate surface area is 144 Å². The summed E-state index contributed by atoms with van der Waals surface area (Å²) in [5.74, 6) is 3.69. The second kappa shape index (κ2) is 6.52. The zero-order valence-electron chi connectivity index (χ0n) is 12.1. The standard InChI is InChI=1S/C15H16Cl2N4S/c1-9-19-14(10-2-3-11(16)12(17)8-10)13(18)15(20-9)21-4-6-22-7-5-21/h2-3,8H,4-7,18H2,1H3. The molecular weight excluding hydrogens is 339 g/mol. The van der Waals surface area contributed by atoms with E-state index in [9.17, 15) is 0 Å². The fourth-order valence-electron chi connectivity index (χ4n) is 2.45. The van der Waals surface area contributed by atoms with E-state index in [4.69, 9.17) is 28.9 Å². The maximum atomic E-state index is 6.35. The summed E-state index contributed by atoms with van der Waals surface area (Å²) in [6.45, 7) is 3.78. The molecular formula is C15H16Cl2N4S. The molecule has 0 aliphatic carbocycles. The summed E-state index contributed by atoms with van der Waals surface area (Å²) in [4.78, 5) is 11.3. The van der Waals surface area contributed by atoms with Crippen LogP contribution in [0.25, 0.3) is 11.3 Å². The van der Waals surface area contributed by atoms with Crippen molar-refractivity contribution in [2.75, 3.05) is 35.2 Å². The van der Waals surface area contributed by atoms with Crippen LogP contribution in [-0.4, -0.2) is 34.6 Å². The van der Waals surface area contributed by atoms with Gasteiger partial charge in [-0.1, -0.05) is 29.3 Å². The maximum Gasteiger partial charge on any atom is 0.156 e. The third-order valence-electron chi connectivity index (χ3n) is 3.54. The number of rotatable bonds is 2. The third kappa shape index (κ3) is 3.12. The minimum Gasteiger partial charge on any atom is -0.394 e. The SMILES string of the molecule is Cc1nc(-c2ccc(Cl)c(Cl)c2)c(N)c(N2CCSCC2)n1. The first-order valence-corrected chi connectivity index (χ1v) is 8.89. The van der Waals surface area contributed by atoms with Crippen LogP contribution >= 0.6 is 35.0 Å². The molecule has 3 rings (SSSR count). The number of anilines is 2. The number of hydrogen-bond acceptors (Lipinski definition) is 5. The Hall–Kier alpha value is -1.17. The molecule has 116 valence electrons. The van der Waals surface area contributed by atoms with Gasteiger partial charge in [-0.2, -0.15) is 11.8 Å². The Balaban J connectivity index is 2.07. The zero-order chi connectivity index (χ0) is 15.7. The van der Waals surface area contributed by atoms with E-state index in [2.05, 4.69) is 14.9 Å². The van der Waals surface area contributed by atoms with Gasteiger partial charge < -0.3 is 10.6 Å². The van der Waals surface area contributed by atoms with Gasteiger partial charge in [0.05, 0.1) is 15.7 Å². The van der Waals surface area contributed by atoms with Crippen molar-refractivity contribution in [1.82, 2.24) is 9.97 Å². The predicted molar refractivity (Wildman–Crippen MR) is 96.2 cm³/mol. The molecule has 7 heteroatoms. The molecule has 0 unspecified atom stereocenters. The highest BCUT2D eigenvalue weighted by atomic mass is 35.5. The molecule has 0 radical (unpaired) electrons. The van der Waals surface area contributed by atoms with E-state index in [1.165, 1.54) is 0 Å². The topological polar surface area (TPSA) is 55.0 Å². The highest BCUT2D eigenvalue weighted by Gasteiger charge is 2.19. The normalized spacial score (nSPS) is 15.1. The quantitative estimate of drug-likeness (QED) is 0.886. The first-order chi connectivity index (χ1) is 10.6. The summed E-state index contributed by atoms with van der Waals surface area (Å²) in [6.07, 6.45) is 0. The molecule has 2 aromatic rings. The van der Waals surface area contributed by atoms with Gasteiger partial charge in [-0.25, -0.2) is 9.97 Å². The van der Waals surface area contributed by atoms with Crippen molar-refractivity contribution in [3.05, 3.63) is 34.1 Å². The number of thioether (sulfide) groups is 1. The van der Waals surface area contributed by atoms with Crippen LogP contribution in [0, 0.1) is 6.92 Å². The van der Waals surface area contributed by atoms with Crippen LogP contribution in [0.1, 0.15) is 5.82 Å². The monoisotopic (exact) mass is 354 g/mol. The lowest BCUT2D eigenvalue weighted by atomic mass is 10.1. The molecule has 1 aliphatic rings. The molecule has 0 saturated carbocycles. The number of nitrogen functional groups attached to an aromatic ring is 1. The van der Waals surface area contributed by atoms with E-state index in [0.717, 1.165) is 36.0 Å². The van der Waals surface area contributed by atoms with E-state index in [1.54, 1.807) is 12.1 Å². The van der Waals surface area contributed by atoms with Crippen LogP contribution in [0.2, 0.25) is 10.0 Å². The fraction of sp³-hybridized carbons (Fsp3) is 0.333. The van der Waals surface area contributed by atoms with Gasteiger partial charge in [0, 0.05) is 30.2 Å². The summed E-state index contributed by atoms with van der Waals surface area (Å²) in [7, 11) is 0. The van der Waals surface area contributed by atoms with Crippen LogP contribution in [0.15, 0.2) is 18.2 Å². The third-order valence-corrected chi connectivity index (χ3v) is 5.22. The van der Waals surface area contributed by atoms with Crippen molar-refractivity contribution >= 4 is 46.5 Å². The molecule has 2 N–H and O–H groups in total. The van der Waals surface area contributed by atoms with Gasteiger partial charge in [-0.05, 0) is 19.1 Å². The minimum atomic E-state index is 0.491. The summed E-state index contributed by atoms with van der Waals surface area (Å²) >= 11 is 14.1. The van der Waals surface area contributed by atoms with Gasteiger partial charge in [0.15, 0.2) is 5.82 Å². The molecule has 0 spiro atoms. The average molecular weight is 355 g/mol. The van der Waals surface area contributed by atoms with Crippen LogP contribution < -0.4 is 10.6 Å². The molecule has 0 atom stereocenters.